The van der Waals surface area contributed by atoms with Gasteiger partial charge in [0, 0.05) is 24.0 Å². The Morgan fingerprint density at radius 1 is 1.21 bits per heavy atom. The Morgan fingerprint density at radius 2 is 1.95 bits per heavy atom. The third-order valence-corrected chi connectivity index (χ3v) is 4.33. The van der Waals surface area contributed by atoms with Gasteiger partial charge in [-0.2, -0.15) is 0 Å². The minimum absolute atomic E-state index is 0.299. The van der Waals surface area contributed by atoms with Crippen LogP contribution in [0.3, 0.4) is 0 Å². The summed E-state index contributed by atoms with van der Waals surface area (Å²) in [4.78, 5) is 3.84. The van der Waals surface area contributed by atoms with Crippen LogP contribution in [-0.2, 0) is 6.54 Å². The molecule has 3 heteroatoms. The number of hydrogen-bond acceptors (Lipinski definition) is 3. The second-order valence-corrected chi connectivity index (χ2v) is 5.84. The summed E-state index contributed by atoms with van der Waals surface area (Å²) in [5.74, 6) is 0. The Morgan fingerprint density at radius 3 is 2.47 bits per heavy atom. The molecule has 1 heterocycles. The molecule has 102 valence electrons. The summed E-state index contributed by atoms with van der Waals surface area (Å²) in [6.07, 6.45) is 0. The minimum atomic E-state index is 0.299. The molecule has 0 fully saturated rings. The first kappa shape index (κ1) is 14.3. The van der Waals surface area contributed by atoms with E-state index in [9.17, 15) is 0 Å². The van der Waals surface area contributed by atoms with E-state index in [2.05, 4.69) is 60.5 Å². The Labute approximate surface area is 119 Å². The normalized spacial score (nSPS) is 12.8. The average molecular weight is 274 g/mol. The first-order valence-corrected chi connectivity index (χ1v) is 7.65. The third-order valence-electron chi connectivity index (χ3n) is 3.47. The second-order valence-electron chi connectivity index (χ2n) is 4.80. The van der Waals surface area contributed by atoms with Gasteiger partial charge < -0.3 is 5.73 Å². The van der Waals surface area contributed by atoms with E-state index in [-0.39, 0.29) is 0 Å². The Bertz CT molecular complexity index is 476. The van der Waals surface area contributed by atoms with Gasteiger partial charge in [-0.1, -0.05) is 42.8 Å². The topological polar surface area (TPSA) is 29.3 Å². The molecule has 1 aromatic heterocycles. The van der Waals surface area contributed by atoms with Gasteiger partial charge in [-0.05, 0) is 30.5 Å². The summed E-state index contributed by atoms with van der Waals surface area (Å²) in [7, 11) is 0. The van der Waals surface area contributed by atoms with Crippen molar-refractivity contribution in [2.45, 2.75) is 26.4 Å². The van der Waals surface area contributed by atoms with Gasteiger partial charge in [0.05, 0.1) is 0 Å². The lowest BCUT2D eigenvalue weighted by Gasteiger charge is -2.30. The van der Waals surface area contributed by atoms with Crippen LogP contribution in [0, 0.1) is 6.92 Å². The molecule has 1 aromatic carbocycles. The van der Waals surface area contributed by atoms with Gasteiger partial charge in [-0.15, -0.1) is 11.3 Å². The number of nitrogens with two attached hydrogens (primary N) is 1. The summed E-state index contributed by atoms with van der Waals surface area (Å²) >= 11 is 1.81. The number of hydrogen-bond donors (Lipinski definition) is 1. The molecule has 0 aliphatic carbocycles. The molecule has 0 saturated carbocycles. The maximum atomic E-state index is 6.01. The van der Waals surface area contributed by atoms with Crippen LogP contribution in [0.4, 0.5) is 0 Å². The second kappa shape index (κ2) is 6.85. The monoisotopic (exact) mass is 274 g/mol. The highest BCUT2D eigenvalue weighted by atomic mass is 32.1. The summed E-state index contributed by atoms with van der Waals surface area (Å²) < 4.78 is 0. The van der Waals surface area contributed by atoms with Crippen LogP contribution in [0.5, 0.6) is 0 Å². The lowest BCUT2D eigenvalue weighted by Crippen LogP contribution is -2.33. The van der Waals surface area contributed by atoms with E-state index in [1.54, 1.807) is 0 Å². The molecule has 2 nitrogen and oxygen atoms in total. The molecule has 0 aliphatic rings. The first-order chi connectivity index (χ1) is 9.24. The van der Waals surface area contributed by atoms with Crippen molar-refractivity contribution in [3.63, 3.8) is 0 Å². The Hall–Kier alpha value is -1.16. The molecule has 1 atom stereocenters. The molecule has 0 saturated heterocycles. The summed E-state index contributed by atoms with van der Waals surface area (Å²) in [6.45, 7) is 6.95. The zero-order valence-electron chi connectivity index (χ0n) is 11.7. The van der Waals surface area contributed by atoms with Crippen LogP contribution in [0.15, 0.2) is 41.8 Å². The molecule has 0 amide bonds. The van der Waals surface area contributed by atoms with E-state index < -0.39 is 0 Å². The quantitative estimate of drug-likeness (QED) is 0.872. The molecule has 2 aromatic rings. The van der Waals surface area contributed by atoms with Crippen molar-refractivity contribution in [3.8, 4) is 0 Å². The predicted octanol–water partition coefficient (Wildman–Crippen LogP) is 3.58. The summed E-state index contributed by atoms with van der Waals surface area (Å²) in [6, 6.07) is 13.3. The Kier molecular flexibility index (Phi) is 5.14. The summed E-state index contributed by atoms with van der Waals surface area (Å²) in [5, 5.41) is 2.13. The van der Waals surface area contributed by atoms with Crippen LogP contribution in [0.25, 0.3) is 0 Å². The van der Waals surface area contributed by atoms with Crippen LogP contribution < -0.4 is 5.73 Å². The van der Waals surface area contributed by atoms with Crippen molar-refractivity contribution in [2.24, 2.45) is 5.73 Å². The van der Waals surface area contributed by atoms with E-state index in [0.717, 1.165) is 13.1 Å². The van der Waals surface area contributed by atoms with Crippen molar-refractivity contribution in [3.05, 3.63) is 57.8 Å². The van der Waals surface area contributed by atoms with Gasteiger partial charge in [-0.25, -0.2) is 0 Å². The number of thiophene rings is 1. The smallest absolute Gasteiger partial charge is 0.0474 e. The van der Waals surface area contributed by atoms with Gasteiger partial charge in [-0.3, -0.25) is 4.90 Å². The van der Waals surface area contributed by atoms with E-state index in [0.29, 0.717) is 12.6 Å². The van der Waals surface area contributed by atoms with E-state index in [4.69, 9.17) is 5.73 Å². The van der Waals surface area contributed by atoms with Crippen LogP contribution in [-0.4, -0.2) is 18.0 Å². The fourth-order valence-corrected chi connectivity index (χ4v) is 3.06. The fraction of sp³-hybridized carbons (Fsp3) is 0.375. The number of aryl methyl sites for hydroxylation is 1. The highest BCUT2D eigenvalue weighted by Gasteiger charge is 2.18. The third kappa shape index (κ3) is 3.66. The van der Waals surface area contributed by atoms with Crippen molar-refractivity contribution in [2.75, 3.05) is 13.1 Å². The SMILES string of the molecule is CCN(Cc1cccs1)C(CN)c1ccc(C)cc1. The molecule has 2 N–H and O–H groups in total. The van der Waals surface area contributed by atoms with Gasteiger partial charge in [0.15, 0.2) is 0 Å². The maximum absolute atomic E-state index is 6.01. The highest BCUT2D eigenvalue weighted by Crippen LogP contribution is 2.23. The van der Waals surface area contributed by atoms with Gasteiger partial charge in [0.25, 0.3) is 0 Å². The van der Waals surface area contributed by atoms with Crippen LogP contribution in [0.2, 0.25) is 0 Å². The number of rotatable bonds is 6. The van der Waals surface area contributed by atoms with Gasteiger partial charge >= 0.3 is 0 Å². The molecule has 0 bridgehead atoms. The summed E-state index contributed by atoms with van der Waals surface area (Å²) in [5.41, 5.74) is 8.61. The average Bonchev–Trinajstić information content (AvgIpc) is 2.93. The minimum Gasteiger partial charge on any atom is -0.329 e. The van der Waals surface area contributed by atoms with Gasteiger partial charge in [0.2, 0.25) is 0 Å². The molecule has 0 spiro atoms. The lowest BCUT2D eigenvalue weighted by molar-refractivity contribution is 0.205. The molecule has 2 rings (SSSR count). The zero-order chi connectivity index (χ0) is 13.7. The highest BCUT2D eigenvalue weighted by molar-refractivity contribution is 7.09. The van der Waals surface area contributed by atoms with E-state index in [1.807, 2.05) is 11.3 Å². The fourth-order valence-electron chi connectivity index (χ4n) is 2.33. The lowest BCUT2D eigenvalue weighted by atomic mass is 10.0. The predicted molar refractivity (Wildman–Crippen MR) is 83.4 cm³/mol. The van der Waals surface area contributed by atoms with Crippen LogP contribution >= 0.6 is 11.3 Å². The molecular formula is C16H22N2S. The van der Waals surface area contributed by atoms with Crippen molar-refractivity contribution < 1.29 is 0 Å². The van der Waals surface area contributed by atoms with Crippen LogP contribution in [0.1, 0.15) is 29.0 Å². The molecule has 0 aliphatic heterocycles. The molecule has 0 radical (unpaired) electrons. The number of likely N-dealkylation sites (N-methyl/N-ethyl adjacent to an activating group) is 1. The maximum Gasteiger partial charge on any atom is 0.0474 e. The largest absolute Gasteiger partial charge is 0.329 e. The van der Waals surface area contributed by atoms with Crippen molar-refractivity contribution in [1.29, 1.82) is 0 Å². The number of benzene rings is 1. The first-order valence-electron chi connectivity index (χ1n) is 6.77. The van der Waals surface area contributed by atoms with Crippen molar-refractivity contribution >= 4 is 11.3 Å². The molecular weight excluding hydrogens is 252 g/mol. The molecule has 1 unspecified atom stereocenters. The standard InChI is InChI=1S/C16H22N2S/c1-3-18(12-15-5-4-10-19-15)16(11-17)14-8-6-13(2)7-9-14/h4-10,16H,3,11-12,17H2,1-2H3. The van der Waals surface area contributed by atoms with Gasteiger partial charge in [0.1, 0.15) is 0 Å². The Balaban J connectivity index is 2.16. The number of nitrogens with zero attached hydrogens (tertiary/aromatic N) is 1. The zero-order valence-corrected chi connectivity index (χ0v) is 12.5. The molecule has 19 heavy (non-hydrogen) atoms. The van der Waals surface area contributed by atoms with Crippen molar-refractivity contribution in [1.82, 2.24) is 4.90 Å². The van der Waals surface area contributed by atoms with E-state index in [1.165, 1.54) is 16.0 Å². The van der Waals surface area contributed by atoms with E-state index >= 15 is 0 Å².